The average molecular weight is 538 g/mol. The molecule has 3 aliphatic rings. The topological polar surface area (TPSA) is 37.2 Å². The summed E-state index contributed by atoms with van der Waals surface area (Å²) < 4.78 is 71.6. The first kappa shape index (κ1) is 24.6. The van der Waals surface area contributed by atoms with Crippen molar-refractivity contribution in [3.05, 3.63) is 69.8 Å². The fourth-order valence-electron chi connectivity index (χ4n) is 6.08. The van der Waals surface area contributed by atoms with E-state index in [4.69, 9.17) is 11.6 Å². The predicted molar refractivity (Wildman–Crippen MR) is 129 cm³/mol. The molecule has 0 amide bonds. The van der Waals surface area contributed by atoms with E-state index in [1.54, 1.807) is 30.0 Å². The summed E-state index contributed by atoms with van der Waals surface area (Å²) in [5.74, 6) is 0.112. The van der Waals surface area contributed by atoms with E-state index in [1.165, 1.54) is 17.0 Å². The third kappa shape index (κ3) is 4.00. The van der Waals surface area contributed by atoms with Crippen LogP contribution >= 0.6 is 11.6 Å². The van der Waals surface area contributed by atoms with E-state index < -0.39 is 23.9 Å². The lowest BCUT2D eigenvalue weighted by atomic mass is 9.57. The zero-order valence-corrected chi connectivity index (χ0v) is 21.0. The fourth-order valence-corrected chi connectivity index (χ4v) is 6.27. The van der Waals surface area contributed by atoms with Gasteiger partial charge in [0.05, 0.1) is 12.2 Å². The molecule has 1 aromatic heterocycles. The second-order valence-electron chi connectivity index (χ2n) is 10.7. The number of nitrogens with zero attached hydrogens (tertiary/aromatic N) is 5. The Morgan fingerprint density at radius 2 is 1.78 bits per heavy atom. The summed E-state index contributed by atoms with van der Waals surface area (Å²) in [4.78, 5) is 3.08. The van der Waals surface area contributed by atoms with Gasteiger partial charge in [-0.2, -0.15) is 13.2 Å². The van der Waals surface area contributed by atoms with Crippen molar-refractivity contribution in [2.75, 3.05) is 18.0 Å². The molecule has 1 atom stereocenters. The van der Waals surface area contributed by atoms with Crippen molar-refractivity contribution < 1.29 is 22.0 Å². The Morgan fingerprint density at radius 3 is 2.49 bits per heavy atom. The van der Waals surface area contributed by atoms with Gasteiger partial charge in [-0.3, -0.25) is 9.47 Å². The molecule has 0 bridgehead atoms. The number of hydrogen-bond acceptors (Lipinski definition) is 4. The van der Waals surface area contributed by atoms with Crippen LogP contribution in [0.15, 0.2) is 30.3 Å². The van der Waals surface area contributed by atoms with E-state index in [2.05, 4.69) is 10.2 Å². The molecule has 11 heteroatoms. The Balaban J connectivity index is 1.26. The number of aryl methyl sites for hydroxylation is 1. The quantitative estimate of drug-likeness (QED) is 0.375. The zero-order valence-electron chi connectivity index (χ0n) is 20.3. The van der Waals surface area contributed by atoms with Gasteiger partial charge in [-0.25, -0.2) is 8.78 Å². The monoisotopic (exact) mass is 537 g/mol. The molecule has 1 saturated carbocycles. The molecule has 1 aliphatic carbocycles. The maximum Gasteiger partial charge on any atom is 0.403 e. The molecular weight excluding hydrogens is 513 g/mol. The van der Waals surface area contributed by atoms with Gasteiger partial charge in [-0.1, -0.05) is 17.7 Å². The van der Waals surface area contributed by atoms with E-state index in [-0.39, 0.29) is 30.1 Å². The highest BCUT2D eigenvalue weighted by Gasteiger charge is 2.55. The summed E-state index contributed by atoms with van der Waals surface area (Å²) in [6.07, 6.45) is -2.85. The van der Waals surface area contributed by atoms with E-state index in [1.807, 2.05) is 4.57 Å². The number of fused-ring (bicyclic) bond motifs is 3. The van der Waals surface area contributed by atoms with Crippen molar-refractivity contribution in [3.63, 3.8) is 0 Å². The van der Waals surface area contributed by atoms with Crippen LogP contribution in [0.2, 0.25) is 5.02 Å². The van der Waals surface area contributed by atoms with Crippen molar-refractivity contribution >= 4 is 17.3 Å². The highest BCUT2D eigenvalue weighted by Crippen LogP contribution is 2.57. The molecule has 2 aliphatic heterocycles. The van der Waals surface area contributed by atoms with Crippen LogP contribution in [-0.2, 0) is 13.1 Å². The maximum atomic E-state index is 14.6. The zero-order chi connectivity index (χ0) is 26.3. The Hall–Kier alpha value is -2.72. The Bertz CT molecular complexity index is 1370. The number of anilines is 1. The van der Waals surface area contributed by atoms with Gasteiger partial charge in [0, 0.05) is 36.0 Å². The first-order valence-corrected chi connectivity index (χ1v) is 12.6. The molecular formula is C26H25ClF5N5. The van der Waals surface area contributed by atoms with Crippen molar-refractivity contribution in [3.8, 4) is 5.69 Å². The SMILES string of the molecule is Cc1ccc(F)c(N2CC3(CC(c4nnc5n4-c4ccc(Cl)cc4CN(C(C)C(F)(F)F)C5)C3)C2)c1F. The summed E-state index contributed by atoms with van der Waals surface area (Å²) in [7, 11) is 0. The maximum absolute atomic E-state index is 14.6. The van der Waals surface area contributed by atoms with E-state index in [9.17, 15) is 22.0 Å². The predicted octanol–water partition coefficient (Wildman–Crippen LogP) is 6.16. The molecule has 0 N–H and O–H groups in total. The minimum Gasteiger partial charge on any atom is -0.366 e. The van der Waals surface area contributed by atoms with Crippen LogP contribution in [0, 0.1) is 24.0 Å². The van der Waals surface area contributed by atoms with Crippen molar-refractivity contribution in [2.24, 2.45) is 5.41 Å². The third-order valence-corrected chi connectivity index (χ3v) is 8.36. The van der Waals surface area contributed by atoms with Gasteiger partial charge < -0.3 is 4.90 Å². The smallest absolute Gasteiger partial charge is 0.366 e. The molecule has 0 radical (unpaired) electrons. The lowest BCUT2D eigenvalue weighted by Crippen LogP contribution is -2.62. The minimum atomic E-state index is -4.39. The fraction of sp³-hybridized carbons (Fsp3) is 0.462. The summed E-state index contributed by atoms with van der Waals surface area (Å²) in [5, 5.41) is 9.17. The van der Waals surface area contributed by atoms with Crippen molar-refractivity contribution in [1.82, 2.24) is 19.7 Å². The normalized spacial score (nSPS) is 20.2. The number of halogens is 6. The van der Waals surface area contributed by atoms with Crippen LogP contribution in [0.5, 0.6) is 0 Å². The molecule has 1 saturated heterocycles. The van der Waals surface area contributed by atoms with Crippen molar-refractivity contribution in [2.45, 2.75) is 57.9 Å². The molecule has 6 rings (SSSR count). The highest BCUT2D eigenvalue weighted by molar-refractivity contribution is 6.30. The lowest BCUT2D eigenvalue weighted by Gasteiger charge is -2.59. The van der Waals surface area contributed by atoms with Crippen LogP contribution in [0.25, 0.3) is 5.69 Å². The molecule has 3 aromatic rings. The number of rotatable bonds is 3. The number of benzene rings is 2. The second kappa shape index (κ2) is 8.39. The third-order valence-electron chi connectivity index (χ3n) is 8.13. The van der Waals surface area contributed by atoms with Crippen LogP contribution in [0.4, 0.5) is 27.6 Å². The molecule has 1 spiro atoms. The molecule has 5 nitrogen and oxygen atoms in total. The van der Waals surface area contributed by atoms with Crippen LogP contribution < -0.4 is 4.90 Å². The molecule has 2 fully saturated rings. The summed E-state index contributed by atoms with van der Waals surface area (Å²) in [6, 6.07) is 6.28. The van der Waals surface area contributed by atoms with Crippen LogP contribution in [0.3, 0.4) is 0 Å². The van der Waals surface area contributed by atoms with Gasteiger partial charge in [-0.05, 0) is 62.1 Å². The molecule has 3 heterocycles. The largest absolute Gasteiger partial charge is 0.403 e. The van der Waals surface area contributed by atoms with Gasteiger partial charge in [0.25, 0.3) is 0 Å². The van der Waals surface area contributed by atoms with E-state index in [0.29, 0.717) is 40.9 Å². The number of aromatic nitrogens is 3. The molecule has 196 valence electrons. The van der Waals surface area contributed by atoms with Crippen LogP contribution in [0.1, 0.15) is 48.5 Å². The van der Waals surface area contributed by atoms with E-state index >= 15 is 0 Å². The second-order valence-corrected chi connectivity index (χ2v) is 11.1. The standard InChI is InChI=1S/C26H25ClF5N5/c1-14-3-5-19(28)23(22(14)29)36-12-25(13-36)8-17(9-25)24-34-33-21-11-35(15(2)26(30,31)32)10-16-7-18(27)4-6-20(16)37(21)24/h3-7,15,17H,8-13H2,1-2H3. The van der Waals surface area contributed by atoms with Gasteiger partial charge in [0.1, 0.15) is 23.4 Å². The molecule has 37 heavy (non-hydrogen) atoms. The van der Waals surface area contributed by atoms with Gasteiger partial charge in [0.15, 0.2) is 11.6 Å². The Kier molecular flexibility index (Phi) is 5.58. The van der Waals surface area contributed by atoms with Gasteiger partial charge >= 0.3 is 6.18 Å². The highest BCUT2D eigenvalue weighted by atomic mass is 35.5. The Labute approximate surface area is 215 Å². The molecule has 2 aromatic carbocycles. The minimum absolute atomic E-state index is 0.00245. The van der Waals surface area contributed by atoms with Gasteiger partial charge in [-0.15, -0.1) is 10.2 Å². The number of hydrogen-bond donors (Lipinski definition) is 0. The first-order valence-electron chi connectivity index (χ1n) is 12.2. The Morgan fingerprint density at radius 1 is 1.05 bits per heavy atom. The summed E-state index contributed by atoms with van der Waals surface area (Å²) in [6.45, 7) is 3.94. The summed E-state index contributed by atoms with van der Waals surface area (Å²) in [5.41, 5.74) is 1.77. The van der Waals surface area contributed by atoms with E-state index in [0.717, 1.165) is 25.5 Å². The summed E-state index contributed by atoms with van der Waals surface area (Å²) >= 11 is 6.21. The van der Waals surface area contributed by atoms with Gasteiger partial charge in [0.2, 0.25) is 0 Å². The lowest BCUT2D eigenvalue weighted by molar-refractivity contribution is -0.182. The number of alkyl halides is 3. The molecule has 1 unspecified atom stereocenters. The van der Waals surface area contributed by atoms with Crippen molar-refractivity contribution in [1.29, 1.82) is 0 Å². The van der Waals surface area contributed by atoms with Crippen LogP contribution in [-0.4, -0.2) is 45.0 Å². The first-order chi connectivity index (χ1) is 17.5. The average Bonchev–Trinajstić information content (AvgIpc) is 3.10.